The van der Waals surface area contributed by atoms with E-state index in [0.29, 0.717) is 5.56 Å². The third kappa shape index (κ3) is 8.06. The molecule has 0 aromatic heterocycles. The van der Waals surface area contributed by atoms with Gasteiger partial charge in [0.1, 0.15) is 5.75 Å². The average Bonchev–Trinajstić information content (AvgIpc) is 2.32. The van der Waals surface area contributed by atoms with Gasteiger partial charge >= 0.3 is 6.18 Å². The molecule has 118 valence electrons. The molecular weight excluding hydrogens is 283 g/mol. The third-order valence-corrected chi connectivity index (χ3v) is 2.24. The second kappa shape index (κ2) is 6.69. The van der Waals surface area contributed by atoms with Gasteiger partial charge in [-0.3, -0.25) is 0 Å². The second-order valence-electron chi connectivity index (χ2n) is 5.63. The molecule has 0 radical (unpaired) electrons. The van der Waals surface area contributed by atoms with Crippen LogP contribution in [0.15, 0.2) is 29.3 Å². The van der Waals surface area contributed by atoms with Crippen molar-refractivity contribution in [3.63, 3.8) is 0 Å². The van der Waals surface area contributed by atoms with E-state index in [4.69, 9.17) is 5.73 Å². The van der Waals surface area contributed by atoms with Crippen molar-refractivity contribution >= 4 is 5.96 Å². The van der Waals surface area contributed by atoms with Gasteiger partial charge in [-0.05, 0) is 38.5 Å². The normalized spacial score (nSPS) is 13.1. The van der Waals surface area contributed by atoms with Crippen LogP contribution in [-0.2, 0) is 6.54 Å². The molecule has 0 spiro atoms. The van der Waals surface area contributed by atoms with Crippen LogP contribution in [0.2, 0.25) is 0 Å². The maximum absolute atomic E-state index is 12.1. The number of hydrogen-bond acceptors (Lipinski definition) is 2. The summed E-state index contributed by atoms with van der Waals surface area (Å²) in [5, 5.41) is 3.00. The minimum absolute atomic E-state index is 0.155. The zero-order chi connectivity index (χ0) is 16.1. The first-order chi connectivity index (χ1) is 9.55. The maximum atomic E-state index is 12.1. The smallest absolute Gasteiger partial charge is 0.422 e. The van der Waals surface area contributed by atoms with Crippen LogP contribution in [0.1, 0.15) is 26.3 Å². The van der Waals surface area contributed by atoms with Crippen molar-refractivity contribution in [3.05, 3.63) is 29.8 Å². The number of alkyl halides is 3. The van der Waals surface area contributed by atoms with Crippen molar-refractivity contribution < 1.29 is 17.9 Å². The van der Waals surface area contributed by atoms with Gasteiger partial charge in [0.15, 0.2) is 12.6 Å². The SMILES string of the molecule is CC(C)(C)NC(N)=NCc1cccc(OCC(F)(F)F)c1. The molecule has 1 aromatic rings. The molecule has 4 nitrogen and oxygen atoms in total. The minimum Gasteiger partial charge on any atom is -0.484 e. The number of ether oxygens (including phenoxy) is 1. The van der Waals surface area contributed by atoms with Crippen LogP contribution in [0.4, 0.5) is 13.2 Å². The van der Waals surface area contributed by atoms with E-state index in [-0.39, 0.29) is 23.8 Å². The molecule has 0 saturated heterocycles. The molecule has 0 unspecified atom stereocenters. The van der Waals surface area contributed by atoms with Crippen LogP contribution < -0.4 is 15.8 Å². The highest BCUT2D eigenvalue weighted by atomic mass is 19.4. The Hall–Kier alpha value is -1.92. The number of nitrogens with one attached hydrogen (secondary N) is 1. The number of aliphatic imine (C=N–C) groups is 1. The summed E-state index contributed by atoms with van der Waals surface area (Å²) < 4.78 is 40.9. The molecule has 3 N–H and O–H groups in total. The first-order valence-corrected chi connectivity index (χ1v) is 6.42. The molecule has 0 aliphatic heterocycles. The highest BCUT2D eigenvalue weighted by Gasteiger charge is 2.28. The summed E-state index contributed by atoms with van der Waals surface area (Å²) in [5.41, 5.74) is 6.23. The Kier molecular flexibility index (Phi) is 5.46. The quantitative estimate of drug-likeness (QED) is 0.664. The number of nitrogens with two attached hydrogens (primary N) is 1. The van der Waals surface area contributed by atoms with E-state index in [2.05, 4.69) is 15.0 Å². The molecular formula is C14H20F3N3O. The fraction of sp³-hybridized carbons (Fsp3) is 0.500. The highest BCUT2D eigenvalue weighted by molar-refractivity contribution is 5.78. The molecule has 0 aliphatic rings. The largest absolute Gasteiger partial charge is 0.484 e. The van der Waals surface area contributed by atoms with Gasteiger partial charge in [0.25, 0.3) is 0 Å². The predicted molar refractivity (Wildman–Crippen MR) is 76.2 cm³/mol. The third-order valence-electron chi connectivity index (χ3n) is 2.24. The number of hydrogen-bond donors (Lipinski definition) is 2. The second-order valence-corrected chi connectivity index (χ2v) is 5.63. The van der Waals surface area contributed by atoms with Gasteiger partial charge in [0, 0.05) is 5.54 Å². The van der Waals surface area contributed by atoms with E-state index in [1.54, 1.807) is 12.1 Å². The number of guanidine groups is 1. The van der Waals surface area contributed by atoms with Crippen LogP contribution >= 0.6 is 0 Å². The van der Waals surface area contributed by atoms with E-state index >= 15 is 0 Å². The van der Waals surface area contributed by atoms with Gasteiger partial charge in [0.2, 0.25) is 0 Å². The van der Waals surface area contributed by atoms with Gasteiger partial charge in [0.05, 0.1) is 6.54 Å². The molecule has 0 aliphatic carbocycles. The lowest BCUT2D eigenvalue weighted by molar-refractivity contribution is -0.153. The Bertz CT molecular complexity index is 493. The number of nitrogens with zero attached hydrogens (tertiary/aromatic N) is 1. The van der Waals surface area contributed by atoms with Crippen molar-refractivity contribution in [1.82, 2.24) is 5.32 Å². The average molecular weight is 303 g/mol. The summed E-state index contributed by atoms with van der Waals surface area (Å²) >= 11 is 0. The zero-order valence-corrected chi connectivity index (χ0v) is 12.3. The summed E-state index contributed by atoms with van der Waals surface area (Å²) in [7, 11) is 0. The zero-order valence-electron chi connectivity index (χ0n) is 12.3. The lowest BCUT2D eigenvalue weighted by atomic mass is 10.1. The monoisotopic (exact) mass is 303 g/mol. The van der Waals surface area contributed by atoms with Crippen LogP contribution in [0.25, 0.3) is 0 Å². The van der Waals surface area contributed by atoms with Gasteiger partial charge in [-0.2, -0.15) is 13.2 Å². The van der Waals surface area contributed by atoms with E-state index < -0.39 is 12.8 Å². The Morgan fingerprint density at radius 2 is 1.95 bits per heavy atom. The van der Waals surface area contributed by atoms with Gasteiger partial charge in [-0.25, -0.2) is 4.99 Å². The van der Waals surface area contributed by atoms with Crippen LogP contribution in [0, 0.1) is 0 Å². The molecule has 0 bridgehead atoms. The summed E-state index contributed by atoms with van der Waals surface area (Å²) in [6, 6.07) is 6.34. The molecule has 0 fully saturated rings. The molecule has 0 heterocycles. The van der Waals surface area contributed by atoms with Crippen molar-refractivity contribution in [1.29, 1.82) is 0 Å². The Balaban J connectivity index is 2.62. The lowest BCUT2D eigenvalue weighted by Gasteiger charge is -2.21. The first kappa shape index (κ1) is 17.1. The summed E-state index contributed by atoms with van der Waals surface area (Å²) in [6.45, 7) is 4.79. The number of rotatable bonds is 4. The molecule has 21 heavy (non-hydrogen) atoms. The standard InChI is InChI=1S/C14H20F3N3O/c1-13(2,3)20-12(18)19-8-10-5-4-6-11(7-10)21-9-14(15,16)17/h4-7H,8-9H2,1-3H3,(H3,18,19,20). The van der Waals surface area contributed by atoms with Crippen LogP contribution in [0.3, 0.4) is 0 Å². The molecule has 1 aromatic carbocycles. The molecule has 0 atom stereocenters. The van der Waals surface area contributed by atoms with Gasteiger partial charge < -0.3 is 15.8 Å². The first-order valence-electron chi connectivity index (χ1n) is 6.42. The topological polar surface area (TPSA) is 59.6 Å². The van der Waals surface area contributed by atoms with Crippen molar-refractivity contribution in [2.24, 2.45) is 10.7 Å². The van der Waals surface area contributed by atoms with Crippen LogP contribution in [-0.4, -0.2) is 24.3 Å². The maximum Gasteiger partial charge on any atom is 0.422 e. The van der Waals surface area contributed by atoms with Crippen molar-refractivity contribution in [2.45, 2.75) is 39.0 Å². The predicted octanol–water partition coefficient (Wildman–Crippen LogP) is 2.83. The number of halogens is 3. The van der Waals surface area contributed by atoms with Gasteiger partial charge in [-0.15, -0.1) is 0 Å². The summed E-state index contributed by atoms with van der Waals surface area (Å²) in [6.07, 6.45) is -4.35. The van der Waals surface area contributed by atoms with E-state index in [1.165, 1.54) is 12.1 Å². The fourth-order valence-electron chi connectivity index (χ4n) is 1.50. The Morgan fingerprint density at radius 1 is 1.29 bits per heavy atom. The lowest BCUT2D eigenvalue weighted by Crippen LogP contribution is -2.44. The minimum atomic E-state index is -4.35. The molecule has 0 amide bonds. The highest BCUT2D eigenvalue weighted by Crippen LogP contribution is 2.19. The molecule has 0 saturated carbocycles. The van der Waals surface area contributed by atoms with E-state index in [9.17, 15) is 13.2 Å². The molecule has 7 heteroatoms. The van der Waals surface area contributed by atoms with Crippen molar-refractivity contribution in [2.75, 3.05) is 6.61 Å². The molecule has 1 rings (SSSR count). The van der Waals surface area contributed by atoms with E-state index in [1.807, 2.05) is 20.8 Å². The van der Waals surface area contributed by atoms with E-state index in [0.717, 1.165) is 0 Å². The summed E-state index contributed by atoms with van der Waals surface area (Å²) in [5.74, 6) is 0.437. The van der Waals surface area contributed by atoms with Gasteiger partial charge in [-0.1, -0.05) is 12.1 Å². The van der Waals surface area contributed by atoms with Crippen LogP contribution in [0.5, 0.6) is 5.75 Å². The van der Waals surface area contributed by atoms with Crippen molar-refractivity contribution in [3.8, 4) is 5.75 Å². The summed E-state index contributed by atoms with van der Waals surface area (Å²) in [4.78, 5) is 4.14. The number of benzene rings is 1. The Morgan fingerprint density at radius 3 is 2.52 bits per heavy atom. The Labute approximate surface area is 122 Å². The fourth-order valence-corrected chi connectivity index (χ4v) is 1.50.